The summed E-state index contributed by atoms with van der Waals surface area (Å²) in [5.41, 5.74) is 2.74. The van der Waals surface area contributed by atoms with Crippen molar-refractivity contribution in [3.05, 3.63) is 51.9 Å². The second-order valence-corrected chi connectivity index (χ2v) is 12.0. The fourth-order valence-corrected chi connectivity index (χ4v) is 5.31. The van der Waals surface area contributed by atoms with Gasteiger partial charge in [-0.1, -0.05) is 26.7 Å². The molecule has 41 heavy (non-hydrogen) atoms. The minimum Gasteiger partial charge on any atom is -0.410 e. The van der Waals surface area contributed by atoms with E-state index in [0.717, 1.165) is 53.3 Å². The van der Waals surface area contributed by atoms with Crippen molar-refractivity contribution in [1.82, 2.24) is 29.4 Å². The molecular weight excluding hydrogens is 606 g/mol. The summed E-state index contributed by atoms with van der Waals surface area (Å²) in [5, 5.41) is 12.9. The molecule has 0 unspecified atom stereocenters. The highest BCUT2D eigenvalue weighted by Crippen LogP contribution is 2.34. The van der Waals surface area contributed by atoms with Crippen LogP contribution in [-0.2, 0) is 6.54 Å². The summed E-state index contributed by atoms with van der Waals surface area (Å²) in [6, 6.07) is 9.16. The topological polar surface area (TPSA) is 114 Å². The Labute approximate surface area is 252 Å². The monoisotopic (exact) mass is 641 g/mol. The fourth-order valence-electron chi connectivity index (χ4n) is 4.24. The van der Waals surface area contributed by atoms with Crippen molar-refractivity contribution in [3.8, 4) is 17.0 Å². The van der Waals surface area contributed by atoms with E-state index < -0.39 is 6.09 Å². The average Bonchev–Trinajstić information content (AvgIpc) is 3.58. The lowest BCUT2D eigenvalue weighted by Crippen LogP contribution is -2.29. The summed E-state index contributed by atoms with van der Waals surface area (Å²) >= 11 is 4.89. The first-order valence-corrected chi connectivity index (χ1v) is 15.3. The van der Waals surface area contributed by atoms with Gasteiger partial charge in [0.15, 0.2) is 11.5 Å². The lowest BCUT2D eigenvalue weighted by Gasteiger charge is -2.11. The van der Waals surface area contributed by atoms with Gasteiger partial charge in [-0.3, -0.25) is 4.79 Å². The molecule has 0 atom stereocenters. The highest BCUT2D eigenvalue weighted by Gasteiger charge is 2.19. The third-order valence-corrected chi connectivity index (χ3v) is 7.58. The summed E-state index contributed by atoms with van der Waals surface area (Å²) in [6.45, 7) is 6.55. The Balaban J connectivity index is 1.54. The van der Waals surface area contributed by atoms with Crippen molar-refractivity contribution >= 4 is 56.3 Å². The van der Waals surface area contributed by atoms with Gasteiger partial charge in [-0.25, -0.2) is 18.8 Å². The van der Waals surface area contributed by atoms with Crippen LogP contribution in [-0.4, -0.2) is 63.2 Å². The number of carbonyl (C=O) groups excluding carboxylic acids is 2. The molecular formula is C29H36BrN7O3S. The number of ether oxygens (including phenoxy) is 1. The van der Waals surface area contributed by atoms with Crippen molar-refractivity contribution in [2.75, 3.05) is 32.5 Å². The predicted octanol–water partition coefficient (Wildman–Crippen LogP) is 6.44. The van der Waals surface area contributed by atoms with Gasteiger partial charge in [0.05, 0.1) is 22.8 Å². The third kappa shape index (κ3) is 8.57. The SMILES string of the molecule is CC(C)CCCCn1nc(NC(=O)c2cnsc2)c2cc(Br)c(-c3ccc(OC(=O)NCCCN(C)C)cc3)nc21. The van der Waals surface area contributed by atoms with E-state index in [1.54, 1.807) is 23.7 Å². The zero-order valence-electron chi connectivity index (χ0n) is 23.8. The molecule has 0 saturated heterocycles. The molecule has 2 amide bonds. The number of unbranched alkanes of at least 4 members (excludes halogenated alkanes) is 1. The molecule has 0 bridgehead atoms. The Morgan fingerprint density at radius 1 is 1.15 bits per heavy atom. The van der Waals surface area contributed by atoms with Gasteiger partial charge in [0.1, 0.15) is 5.75 Å². The molecule has 0 aliphatic rings. The standard InChI is InChI=1S/C29H36BrN7O3S/c1-19(2)8-5-6-15-37-27-23(26(35-37)34-28(38)21-17-32-41-18-21)16-24(30)25(33-27)20-9-11-22(12-10-20)40-29(39)31-13-7-14-36(3)4/h9-12,16-19H,5-8,13-15H2,1-4H3,(H,31,39)(H,34,35,38). The number of amides is 2. The second-order valence-electron chi connectivity index (χ2n) is 10.5. The highest BCUT2D eigenvalue weighted by molar-refractivity contribution is 9.10. The van der Waals surface area contributed by atoms with Crippen molar-refractivity contribution in [3.63, 3.8) is 0 Å². The number of benzene rings is 1. The number of rotatable bonds is 13. The number of hydrogen-bond donors (Lipinski definition) is 2. The number of hydrogen-bond acceptors (Lipinski definition) is 8. The molecule has 0 aliphatic carbocycles. The van der Waals surface area contributed by atoms with Gasteiger partial charge in [0, 0.05) is 28.5 Å². The van der Waals surface area contributed by atoms with Crippen LogP contribution in [0.5, 0.6) is 5.75 Å². The fraction of sp³-hybridized carbons (Fsp3) is 0.414. The molecule has 0 spiro atoms. The Morgan fingerprint density at radius 2 is 1.93 bits per heavy atom. The molecule has 3 heterocycles. The van der Waals surface area contributed by atoms with Crippen LogP contribution >= 0.6 is 27.5 Å². The molecule has 3 aromatic heterocycles. The van der Waals surface area contributed by atoms with E-state index in [-0.39, 0.29) is 5.91 Å². The number of aryl methyl sites for hydroxylation is 1. The van der Waals surface area contributed by atoms with Crippen molar-refractivity contribution < 1.29 is 14.3 Å². The highest BCUT2D eigenvalue weighted by atomic mass is 79.9. The summed E-state index contributed by atoms with van der Waals surface area (Å²) < 4.78 is 12.1. The lowest BCUT2D eigenvalue weighted by molar-refractivity contribution is 0.102. The molecule has 4 aromatic rings. The van der Waals surface area contributed by atoms with E-state index in [2.05, 4.69) is 49.7 Å². The van der Waals surface area contributed by atoms with Gasteiger partial charge in [-0.15, -0.1) is 0 Å². The maximum atomic E-state index is 12.8. The van der Waals surface area contributed by atoms with Crippen molar-refractivity contribution in [2.45, 2.75) is 46.1 Å². The second kappa shape index (κ2) is 14.5. The Kier molecular flexibility index (Phi) is 10.8. The van der Waals surface area contributed by atoms with Gasteiger partial charge in [0.25, 0.3) is 5.91 Å². The van der Waals surface area contributed by atoms with E-state index in [4.69, 9.17) is 14.8 Å². The predicted molar refractivity (Wildman–Crippen MR) is 167 cm³/mol. The summed E-state index contributed by atoms with van der Waals surface area (Å²) in [7, 11) is 3.99. The minimum atomic E-state index is -0.480. The molecule has 10 nitrogen and oxygen atoms in total. The maximum Gasteiger partial charge on any atom is 0.412 e. The minimum absolute atomic E-state index is 0.261. The number of carbonyl (C=O) groups is 2. The Bertz CT molecular complexity index is 1450. The normalized spacial score (nSPS) is 11.4. The number of aromatic nitrogens is 4. The van der Waals surface area contributed by atoms with Gasteiger partial charge in [0.2, 0.25) is 0 Å². The van der Waals surface area contributed by atoms with Gasteiger partial charge in [-0.2, -0.15) is 5.10 Å². The molecule has 218 valence electrons. The summed E-state index contributed by atoms with van der Waals surface area (Å²) in [4.78, 5) is 32.0. The molecule has 4 rings (SSSR count). The number of halogens is 1. The maximum absolute atomic E-state index is 12.8. The van der Waals surface area contributed by atoms with Crippen LogP contribution in [0.2, 0.25) is 0 Å². The van der Waals surface area contributed by atoms with Gasteiger partial charge >= 0.3 is 6.09 Å². The van der Waals surface area contributed by atoms with Crippen LogP contribution < -0.4 is 15.4 Å². The number of anilines is 1. The van der Waals surface area contributed by atoms with E-state index in [9.17, 15) is 9.59 Å². The van der Waals surface area contributed by atoms with Gasteiger partial charge < -0.3 is 20.3 Å². The molecule has 0 radical (unpaired) electrons. The molecule has 12 heteroatoms. The lowest BCUT2D eigenvalue weighted by atomic mass is 10.1. The number of nitrogens with one attached hydrogen (secondary N) is 2. The van der Waals surface area contributed by atoms with E-state index >= 15 is 0 Å². The molecule has 0 aliphatic heterocycles. The molecule has 0 fully saturated rings. The van der Waals surface area contributed by atoms with E-state index in [0.29, 0.717) is 41.8 Å². The van der Waals surface area contributed by atoms with Gasteiger partial charge in [-0.05, 0) is 97.2 Å². The van der Waals surface area contributed by atoms with Crippen molar-refractivity contribution in [1.29, 1.82) is 0 Å². The van der Waals surface area contributed by atoms with E-state index in [1.807, 2.05) is 37.0 Å². The molecule has 1 aromatic carbocycles. The number of nitrogens with zero attached hydrogens (tertiary/aromatic N) is 5. The zero-order chi connectivity index (χ0) is 29.4. The Morgan fingerprint density at radius 3 is 2.61 bits per heavy atom. The quantitative estimate of drug-likeness (QED) is 0.162. The largest absolute Gasteiger partial charge is 0.412 e. The van der Waals surface area contributed by atoms with Crippen LogP contribution in [0.3, 0.4) is 0 Å². The molecule has 2 N–H and O–H groups in total. The summed E-state index contributed by atoms with van der Waals surface area (Å²) in [5.74, 6) is 1.28. The Hall–Kier alpha value is -3.35. The average molecular weight is 643 g/mol. The first-order chi connectivity index (χ1) is 19.7. The van der Waals surface area contributed by atoms with E-state index in [1.165, 1.54) is 11.5 Å². The van der Waals surface area contributed by atoms with Crippen LogP contribution in [0.1, 0.15) is 49.9 Å². The van der Waals surface area contributed by atoms with Crippen LogP contribution in [0.25, 0.3) is 22.3 Å². The number of fused-ring (bicyclic) bond motifs is 1. The smallest absolute Gasteiger partial charge is 0.410 e. The van der Waals surface area contributed by atoms with Crippen LogP contribution in [0, 0.1) is 5.92 Å². The number of pyridine rings is 1. The molecule has 0 saturated carbocycles. The van der Waals surface area contributed by atoms with Crippen molar-refractivity contribution in [2.24, 2.45) is 5.92 Å². The van der Waals surface area contributed by atoms with Crippen LogP contribution in [0.4, 0.5) is 10.6 Å². The first-order valence-electron chi connectivity index (χ1n) is 13.7. The third-order valence-electron chi connectivity index (χ3n) is 6.39. The first kappa shape index (κ1) is 30.6. The summed E-state index contributed by atoms with van der Waals surface area (Å²) in [6.07, 6.45) is 5.07. The van der Waals surface area contributed by atoms with Crippen LogP contribution in [0.15, 0.2) is 46.4 Å². The zero-order valence-corrected chi connectivity index (χ0v) is 26.2.